The van der Waals surface area contributed by atoms with Gasteiger partial charge in [-0.25, -0.2) is 0 Å². The van der Waals surface area contributed by atoms with Crippen molar-refractivity contribution in [3.05, 3.63) is 29.3 Å². The third-order valence-electron chi connectivity index (χ3n) is 2.52. The zero-order chi connectivity index (χ0) is 12.8. The highest BCUT2D eigenvalue weighted by atomic mass is 35.5. The van der Waals surface area contributed by atoms with Crippen molar-refractivity contribution in [1.82, 2.24) is 5.32 Å². The van der Waals surface area contributed by atoms with Crippen LogP contribution in [0.15, 0.2) is 18.2 Å². The fourth-order valence-corrected chi connectivity index (χ4v) is 1.46. The third kappa shape index (κ3) is 4.65. The van der Waals surface area contributed by atoms with E-state index in [0.29, 0.717) is 6.54 Å². The lowest BCUT2D eigenvalue weighted by Crippen LogP contribution is -2.34. The predicted molar refractivity (Wildman–Crippen MR) is 69.7 cm³/mol. The number of alkyl halides is 1. The fraction of sp³-hybridized carbons (Fsp3) is 0.462. The van der Waals surface area contributed by atoms with Crippen molar-refractivity contribution in [3.8, 4) is 5.75 Å². The Morgan fingerprint density at radius 2 is 2.12 bits per heavy atom. The Morgan fingerprint density at radius 1 is 1.41 bits per heavy atom. The van der Waals surface area contributed by atoms with Gasteiger partial charge in [0.1, 0.15) is 17.7 Å². The van der Waals surface area contributed by atoms with Gasteiger partial charge in [0.15, 0.2) is 0 Å². The molecule has 0 fully saturated rings. The van der Waals surface area contributed by atoms with Gasteiger partial charge in [-0.05, 0) is 44.0 Å². The molecule has 17 heavy (non-hydrogen) atoms. The molecule has 1 aromatic carbocycles. The van der Waals surface area contributed by atoms with Crippen LogP contribution in [0.3, 0.4) is 0 Å². The highest BCUT2D eigenvalue weighted by molar-refractivity contribution is 6.27. The van der Waals surface area contributed by atoms with Crippen molar-refractivity contribution in [3.63, 3.8) is 0 Å². The molecule has 94 valence electrons. The maximum atomic E-state index is 11.0. The topological polar surface area (TPSA) is 38.3 Å². The van der Waals surface area contributed by atoms with Crippen LogP contribution in [-0.4, -0.2) is 24.4 Å². The standard InChI is InChI=1S/C13H18ClNO2/c1-9-4-5-12(6-10(9)2)17-11(3)8-15-13(16)7-14/h4-6,11H,7-8H2,1-3H3,(H,15,16). The van der Waals surface area contributed by atoms with Gasteiger partial charge in [-0.2, -0.15) is 0 Å². The average molecular weight is 256 g/mol. The molecular weight excluding hydrogens is 238 g/mol. The number of nitrogens with one attached hydrogen (secondary N) is 1. The Balaban J connectivity index is 2.47. The lowest BCUT2D eigenvalue weighted by Gasteiger charge is -2.16. The lowest BCUT2D eigenvalue weighted by atomic mass is 10.1. The number of rotatable bonds is 5. The second-order valence-corrected chi connectivity index (χ2v) is 4.38. The number of amides is 1. The van der Waals surface area contributed by atoms with Gasteiger partial charge in [0.2, 0.25) is 5.91 Å². The molecule has 0 heterocycles. The molecule has 0 aromatic heterocycles. The van der Waals surface area contributed by atoms with Crippen LogP contribution in [0.4, 0.5) is 0 Å². The quantitative estimate of drug-likeness (QED) is 0.821. The molecule has 1 rings (SSSR count). The predicted octanol–water partition coefficient (Wildman–Crippen LogP) is 2.43. The molecule has 0 aliphatic heterocycles. The summed E-state index contributed by atoms with van der Waals surface area (Å²) in [6, 6.07) is 5.95. The van der Waals surface area contributed by atoms with Gasteiger partial charge >= 0.3 is 0 Å². The summed E-state index contributed by atoms with van der Waals surface area (Å²) in [6.07, 6.45) is -0.0794. The number of ether oxygens (including phenoxy) is 1. The van der Waals surface area contributed by atoms with E-state index in [9.17, 15) is 4.79 Å². The summed E-state index contributed by atoms with van der Waals surface area (Å²) in [5.41, 5.74) is 2.43. The van der Waals surface area contributed by atoms with E-state index in [4.69, 9.17) is 16.3 Å². The molecular formula is C13H18ClNO2. The molecule has 1 amide bonds. The number of aryl methyl sites for hydroxylation is 2. The molecule has 0 aliphatic rings. The van der Waals surface area contributed by atoms with Crippen LogP contribution in [0.25, 0.3) is 0 Å². The van der Waals surface area contributed by atoms with Crippen molar-refractivity contribution < 1.29 is 9.53 Å². The normalized spacial score (nSPS) is 12.0. The molecule has 1 aromatic rings. The summed E-state index contributed by atoms with van der Waals surface area (Å²) in [5.74, 6) is 0.624. The molecule has 0 radical (unpaired) electrons. The lowest BCUT2D eigenvalue weighted by molar-refractivity contribution is -0.119. The van der Waals surface area contributed by atoms with E-state index < -0.39 is 0 Å². The van der Waals surface area contributed by atoms with Crippen molar-refractivity contribution in [2.75, 3.05) is 12.4 Å². The average Bonchev–Trinajstić information content (AvgIpc) is 2.31. The molecule has 0 bridgehead atoms. The number of halogens is 1. The zero-order valence-electron chi connectivity index (χ0n) is 10.4. The summed E-state index contributed by atoms with van der Waals surface area (Å²) in [4.78, 5) is 11.0. The minimum Gasteiger partial charge on any atom is -0.489 e. The summed E-state index contributed by atoms with van der Waals surface area (Å²) in [6.45, 7) is 6.47. The van der Waals surface area contributed by atoms with E-state index >= 15 is 0 Å². The maximum absolute atomic E-state index is 11.0. The minimum absolute atomic E-state index is 0.0175. The Bertz CT molecular complexity index is 393. The SMILES string of the molecule is Cc1ccc(OC(C)CNC(=O)CCl)cc1C. The Morgan fingerprint density at radius 3 is 2.71 bits per heavy atom. The van der Waals surface area contributed by atoms with E-state index in [2.05, 4.69) is 12.2 Å². The number of carbonyl (C=O) groups is 1. The molecule has 0 spiro atoms. The number of hydrogen-bond acceptors (Lipinski definition) is 2. The first-order chi connectivity index (χ1) is 8.02. The van der Waals surface area contributed by atoms with Crippen LogP contribution >= 0.6 is 11.6 Å². The van der Waals surface area contributed by atoms with Crippen molar-refractivity contribution >= 4 is 17.5 Å². The molecule has 0 saturated heterocycles. The van der Waals surface area contributed by atoms with Crippen molar-refractivity contribution in [2.24, 2.45) is 0 Å². The van der Waals surface area contributed by atoms with Gasteiger partial charge in [-0.3, -0.25) is 4.79 Å². The largest absolute Gasteiger partial charge is 0.489 e. The van der Waals surface area contributed by atoms with Crippen LogP contribution in [-0.2, 0) is 4.79 Å². The van der Waals surface area contributed by atoms with Crippen LogP contribution in [0.5, 0.6) is 5.75 Å². The van der Waals surface area contributed by atoms with Gasteiger partial charge < -0.3 is 10.1 Å². The molecule has 0 saturated carbocycles. The first-order valence-corrected chi connectivity index (χ1v) is 6.13. The van der Waals surface area contributed by atoms with Gasteiger partial charge in [-0.15, -0.1) is 11.6 Å². The molecule has 3 nitrogen and oxygen atoms in total. The molecule has 1 unspecified atom stereocenters. The van der Waals surface area contributed by atoms with Crippen LogP contribution in [0.1, 0.15) is 18.1 Å². The number of hydrogen-bond donors (Lipinski definition) is 1. The fourth-order valence-electron chi connectivity index (χ4n) is 1.37. The van der Waals surface area contributed by atoms with E-state index in [-0.39, 0.29) is 17.9 Å². The molecule has 1 N–H and O–H groups in total. The zero-order valence-corrected chi connectivity index (χ0v) is 11.2. The van der Waals surface area contributed by atoms with E-state index in [1.807, 2.05) is 32.0 Å². The molecule has 0 aliphatic carbocycles. The molecule has 1 atom stereocenters. The van der Waals surface area contributed by atoms with Gasteiger partial charge in [0.05, 0.1) is 6.54 Å². The smallest absolute Gasteiger partial charge is 0.235 e. The summed E-state index contributed by atoms with van der Waals surface area (Å²) in [5, 5.41) is 2.68. The van der Waals surface area contributed by atoms with E-state index in [1.165, 1.54) is 11.1 Å². The van der Waals surface area contributed by atoms with Crippen LogP contribution in [0, 0.1) is 13.8 Å². The summed E-state index contributed by atoms with van der Waals surface area (Å²) in [7, 11) is 0. The van der Waals surface area contributed by atoms with Gasteiger partial charge in [-0.1, -0.05) is 6.07 Å². The maximum Gasteiger partial charge on any atom is 0.235 e. The highest BCUT2D eigenvalue weighted by Gasteiger charge is 2.06. The number of carbonyl (C=O) groups excluding carboxylic acids is 1. The van der Waals surface area contributed by atoms with E-state index in [0.717, 1.165) is 5.75 Å². The Hall–Kier alpha value is -1.22. The first kappa shape index (κ1) is 13.8. The second kappa shape index (κ2) is 6.50. The minimum atomic E-state index is -0.179. The van der Waals surface area contributed by atoms with Crippen LogP contribution < -0.4 is 10.1 Å². The molecule has 4 heteroatoms. The summed E-state index contributed by atoms with van der Waals surface area (Å²) < 4.78 is 5.69. The van der Waals surface area contributed by atoms with Gasteiger partial charge in [0.25, 0.3) is 0 Å². The van der Waals surface area contributed by atoms with Crippen LogP contribution in [0.2, 0.25) is 0 Å². The summed E-state index contributed by atoms with van der Waals surface area (Å²) >= 11 is 5.38. The highest BCUT2D eigenvalue weighted by Crippen LogP contribution is 2.17. The van der Waals surface area contributed by atoms with Gasteiger partial charge in [0, 0.05) is 0 Å². The Kier molecular flexibility index (Phi) is 5.29. The first-order valence-electron chi connectivity index (χ1n) is 5.59. The number of benzene rings is 1. The van der Waals surface area contributed by atoms with Crippen molar-refractivity contribution in [2.45, 2.75) is 26.9 Å². The Labute approximate surface area is 107 Å². The second-order valence-electron chi connectivity index (χ2n) is 4.11. The van der Waals surface area contributed by atoms with Crippen molar-refractivity contribution in [1.29, 1.82) is 0 Å². The van der Waals surface area contributed by atoms with E-state index in [1.54, 1.807) is 0 Å². The third-order valence-corrected chi connectivity index (χ3v) is 2.77. The monoisotopic (exact) mass is 255 g/mol.